The van der Waals surface area contributed by atoms with Gasteiger partial charge in [-0.2, -0.15) is 0 Å². The van der Waals surface area contributed by atoms with E-state index >= 15 is 0 Å². The van der Waals surface area contributed by atoms with Crippen LogP contribution in [0.25, 0.3) is 33.2 Å². The minimum absolute atomic E-state index is 0.357. The van der Waals surface area contributed by atoms with E-state index in [0.29, 0.717) is 17.5 Å². The van der Waals surface area contributed by atoms with Gasteiger partial charge in [0, 0.05) is 29.8 Å². The number of hydrogen-bond donors (Lipinski definition) is 4. The van der Waals surface area contributed by atoms with Gasteiger partial charge >= 0.3 is 0 Å². The molecule has 3 fully saturated rings. The van der Waals surface area contributed by atoms with Gasteiger partial charge in [-0.15, -0.1) is 0 Å². The number of nitrogen functional groups attached to an aromatic ring is 1. The molecule has 2 saturated heterocycles. The summed E-state index contributed by atoms with van der Waals surface area (Å²) >= 11 is 0. The third-order valence-corrected chi connectivity index (χ3v) is 9.66. The zero-order valence-electron chi connectivity index (χ0n) is 22.4. The van der Waals surface area contributed by atoms with Crippen molar-refractivity contribution in [3.05, 3.63) is 65.6 Å². The van der Waals surface area contributed by atoms with Gasteiger partial charge in [-0.1, -0.05) is 30.3 Å². The van der Waals surface area contributed by atoms with Crippen LogP contribution >= 0.6 is 0 Å². The van der Waals surface area contributed by atoms with Crippen LogP contribution in [-0.2, 0) is 12.8 Å². The van der Waals surface area contributed by atoms with Crippen molar-refractivity contribution in [3.63, 3.8) is 0 Å². The molecule has 6 nitrogen and oxygen atoms in total. The molecule has 1 aromatic heterocycles. The van der Waals surface area contributed by atoms with E-state index in [9.17, 15) is 0 Å². The Balaban J connectivity index is 1.10. The Morgan fingerprint density at radius 1 is 0.974 bits per heavy atom. The van der Waals surface area contributed by atoms with Gasteiger partial charge < -0.3 is 21.4 Å². The van der Waals surface area contributed by atoms with Crippen LogP contribution in [0.4, 0.5) is 11.4 Å². The molecule has 4 aromatic rings. The number of H-pyrrole nitrogens is 1. The van der Waals surface area contributed by atoms with E-state index in [1.54, 1.807) is 0 Å². The predicted molar refractivity (Wildman–Crippen MR) is 160 cm³/mol. The first kappa shape index (κ1) is 23.4. The molecular weight excluding hydrogens is 480 g/mol. The Kier molecular flexibility index (Phi) is 5.42. The standard InChI is InChI=1S/C33H36N6/c34-31-24-8-6-20(15-21(24)7-11-28(31)36-17-22-3-2-14-35-22)23-9-10-27(26-5-1-4-25(23)26)30-18-37-32(39-30)29-16-33(12-13-33)19-38-29/h6-11,15,17-18,22,29,35,38H,1-5,12-14,16,19,34H2,(H,37,39)/t22-,29-/m0/s1. The lowest BCUT2D eigenvalue weighted by Gasteiger charge is -2.14. The van der Waals surface area contributed by atoms with Crippen molar-refractivity contribution in [1.82, 2.24) is 20.6 Å². The molecule has 0 unspecified atom stereocenters. The van der Waals surface area contributed by atoms with Gasteiger partial charge in [0.05, 0.1) is 29.3 Å². The maximum atomic E-state index is 6.58. The second kappa shape index (κ2) is 9.04. The summed E-state index contributed by atoms with van der Waals surface area (Å²) < 4.78 is 0. The van der Waals surface area contributed by atoms with Crippen LogP contribution in [0.2, 0.25) is 0 Å². The Bertz CT molecular complexity index is 1600. The summed E-state index contributed by atoms with van der Waals surface area (Å²) in [5.41, 5.74) is 16.8. The second-order valence-corrected chi connectivity index (χ2v) is 12.2. The van der Waals surface area contributed by atoms with Gasteiger partial charge in [0.2, 0.25) is 0 Å². The number of nitrogens with two attached hydrogens (primary N) is 1. The van der Waals surface area contributed by atoms with Gasteiger partial charge in [0.1, 0.15) is 5.82 Å². The normalized spacial score (nSPS) is 23.4. The number of aliphatic imine (C=N–C) groups is 1. The second-order valence-electron chi connectivity index (χ2n) is 12.2. The SMILES string of the molecule is Nc1c(N=C[C@@H]2CCCN2)ccc2cc(-c3ccc(-c4cnc([C@@H]5CC6(CC6)CN5)[nH]4)c4c3CCC4)ccc12. The fourth-order valence-electron chi connectivity index (χ4n) is 7.18. The van der Waals surface area contributed by atoms with Crippen LogP contribution < -0.4 is 16.4 Å². The first-order valence-corrected chi connectivity index (χ1v) is 14.7. The molecule has 39 heavy (non-hydrogen) atoms. The molecule has 3 aromatic carbocycles. The number of benzene rings is 3. The molecule has 0 bridgehead atoms. The topological polar surface area (TPSA) is 91.1 Å². The third-order valence-electron chi connectivity index (χ3n) is 9.66. The van der Waals surface area contributed by atoms with E-state index < -0.39 is 0 Å². The molecule has 0 radical (unpaired) electrons. The number of anilines is 1. The number of fused-ring (bicyclic) bond motifs is 2. The number of hydrogen-bond acceptors (Lipinski definition) is 5. The number of aromatic nitrogens is 2. The van der Waals surface area contributed by atoms with Gasteiger partial charge in [0.15, 0.2) is 0 Å². The van der Waals surface area contributed by atoms with Crippen LogP contribution in [0.5, 0.6) is 0 Å². The highest BCUT2D eigenvalue weighted by Gasteiger charge is 2.49. The van der Waals surface area contributed by atoms with Crippen molar-refractivity contribution in [2.45, 2.75) is 63.5 Å². The first-order chi connectivity index (χ1) is 19.2. The van der Waals surface area contributed by atoms with Crippen molar-refractivity contribution in [1.29, 1.82) is 0 Å². The minimum atomic E-state index is 0.357. The zero-order chi connectivity index (χ0) is 26.0. The van der Waals surface area contributed by atoms with Gasteiger partial charge in [-0.25, -0.2) is 4.98 Å². The molecule has 198 valence electrons. The lowest BCUT2D eigenvalue weighted by atomic mass is 9.91. The van der Waals surface area contributed by atoms with E-state index in [0.717, 1.165) is 66.0 Å². The predicted octanol–water partition coefficient (Wildman–Crippen LogP) is 6.24. The van der Waals surface area contributed by atoms with Crippen molar-refractivity contribution >= 4 is 28.4 Å². The molecule has 5 N–H and O–H groups in total. The molecule has 4 aliphatic rings. The van der Waals surface area contributed by atoms with Gasteiger partial charge in [-0.3, -0.25) is 4.99 Å². The summed E-state index contributed by atoms with van der Waals surface area (Å²) in [5.74, 6) is 1.10. The highest BCUT2D eigenvalue weighted by molar-refractivity contribution is 6.01. The molecule has 2 aliphatic heterocycles. The minimum Gasteiger partial charge on any atom is -0.396 e. The van der Waals surface area contributed by atoms with Crippen LogP contribution in [0.3, 0.4) is 0 Å². The highest BCUT2D eigenvalue weighted by atomic mass is 15.1. The molecule has 1 saturated carbocycles. The Morgan fingerprint density at radius 2 is 1.85 bits per heavy atom. The number of rotatable bonds is 5. The van der Waals surface area contributed by atoms with Crippen molar-refractivity contribution in [2.75, 3.05) is 18.8 Å². The fraction of sp³-hybridized carbons (Fsp3) is 0.394. The summed E-state index contributed by atoms with van der Waals surface area (Å²) in [6.07, 6.45) is 13.8. The summed E-state index contributed by atoms with van der Waals surface area (Å²) in [4.78, 5) is 13.2. The van der Waals surface area contributed by atoms with Crippen molar-refractivity contribution < 1.29 is 0 Å². The molecular formula is C33H36N6. The maximum Gasteiger partial charge on any atom is 0.123 e. The number of nitrogens with zero attached hydrogens (tertiary/aromatic N) is 2. The van der Waals surface area contributed by atoms with E-state index in [1.807, 2.05) is 12.4 Å². The summed E-state index contributed by atoms with van der Waals surface area (Å²) in [7, 11) is 0. The van der Waals surface area contributed by atoms with Crippen molar-refractivity contribution in [3.8, 4) is 22.4 Å². The number of nitrogens with one attached hydrogen (secondary N) is 3. The van der Waals surface area contributed by atoms with Crippen LogP contribution in [-0.4, -0.2) is 35.3 Å². The fourth-order valence-corrected chi connectivity index (χ4v) is 7.18. The Hall–Kier alpha value is -3.48. The number of imidazole rings is 1. The quantitative estimate of drug-likeness (QED) is 0.187. The Labute approximate surface area is 229 Å². The molecule has 0 amide bonds. The van der Waals surface area contributed by atoms with Crippen molar-refractivity contribution in [2.24, 2.45) is 10.4 Å². The van der Waals surface area contributed by atoms with E-state index in [1.165, 1.54) is 59.9 Å². The summed E-state index contributed by atoms with van der Waals surface area (Å²) in [5, 5.41) is 9.40. The summed E-state index contributed by atoms with van der Waals surface area (Å²) in [6.45, 7) is 2.21. The lowest BCUT2D eigenvalue weighted by Crippen LogP contribution is -2.22. The lowest BCUT2D eigenvalue weighted by molar-refractivity contribution is 0.543. The van der Waals surface area contributed by atoms with E-state index in [4.69, 9.17) is 15.7 Å². The smallest absolute Gasteiger partial charge is 0.123 e. The van der Waals surface area contributed by atoms with Gasteiger partial charge in [-0.05, 0) is 103 Å². The highest BCUT2D eigenvalue weighted by Crippen LogP contribution is 2.54. The zero-order valence-corrected chi connectivity index (χ0v) is 22.4. The average Bonchev–Trinajstić information content (AvgIpc) is 3.52. The molecule has 3 heterocycles. The monoisotopic (exact) mass is 516 g/mol. The number of aromatic amines is 1. The summed E-state index contributed by atoms with van der Waals surface area (Å²) in [6, 6.07) is 16.2. The van der Waals surface area contributed by atoms with Crippen LogP contribution in [0.15, 0.2) is 53.7 Å². The average molecular weight is 517 g/mol. The van der Waals surface area contributed by atoms with E-state index in [2.05, 4.69) is 58.1 Å². The molecule has 8 rings (SSSR count). The molecule has 6 heteroatoms. The first-order valence-electron chi connectivity index (χ1n) is 14.7. The molecule has 2 aliphatic carbocycles. The van der Waals surface area contributed by atoms with E-state index in [-0.39, 0.29) is 0 Å². The third kappa shape index (κ3) is 4.09. The van der Waals surface area contributed by atoms with Gasteiger partial charge in [0.25, 0.3) is 0 Å². The molecule has 2 atom stereocenters. The van der Waals surface area contributed by atoms with Crippen LogP contribution in [0, 0.1) is 5.41 Å². The van der Waals surface area contributed by atoms with Crippen LogP contribution in [0.1, 0.15) is 61.5 Å². The largest absolute Gasteiger partial charge is 0.396 e. The molecule has 1 spiro atoms. The Morgan fingerprint density at radius 3 is 2.67 bits per heavy atom. The maximum absolute atomic E-state index is 6.58.